The van der Waals surface area contributed by atoms with E-state index in [1.165, 1.54) is 6.42 Å². The molecule has 0 saturated carbocycles. The lowest BCUT2D eigenvalue weighted by molar-refractivity contribution is -0.118. The highest BCUT2D eigenvalue weighted by molar-refractivity contribution is 5.79. The van der Waals surface area contributed by atoms with Gasteiger partial charge in [0.25, 0.3) is 0 Å². The molecule has 0 fully saturated rings. The van der Waals surface area contributed by atoms with Gasteiger partial charge in [-0.2, -0.15) is 0 Å². The van der Waals surface area contributed by atoms with Gasteiger partial charge in [0, 0.05) is 12.8 Å². The van der Waals surface area contributed by atoms with E-state index in [4.69, 9.17) is 0 Å². The molecule has 0 radical (unpaired) electrons. The van der Waals surface area contributed by atoms with Gasteiger partial charge in [0.2, 0.25) is 0 Å². The molecule has 1 rings (SSSR count). The predicted octanol–water partition coefficient (Wildman–Crippen LogP) is 2.08. The molecule has 1 aliphatic carbocycles. The number of carbonyl (C=O) groups excluding carboxylic acids is 1. The van der Waals surface area contributed by atoms with Crippen molar-refractivity contribution in [3.63, 3.8) is 0 Å². The van der Waals surface area contributed by atoms with Crippen LogP contribution in [0.15, 0.2) is 12.2 Å². The summed E-state index contributed by atoms with van der Waals surface area (Å²) in [6.07, 6.45) is 8.99. The van der Waals surface area contributed by atoms with Gasteiger partial charge in [-0.05, 0) is 19.3 Å². The summed E-state index contributed by atoms with van der Waals surface area (Å²) in [6, 6.07) is 0. The summed E-state index contributed by atoms with van der Waals surface area (Å²) in [5.74, 6) is 0.394. The molecule has 0 unspecified atom stereocenters. The van der Waals surface area contributed by atoms with Crippen LogP contribution in [0.5, 0.6) is 0 Å². The van der Waals surface area contributed by atoms with Crippen molar-refractivity contribution in [2.24, 2.45) is 0 Å². The van der Waals surface area contributed by atoms with Crippen molar-refractivity contribution >= 4 is 5.78 Å². The maximum absolute atomic E-state index is 10.8. The van der Waals surface area contributed by atoms with E-state index in [1.807, 2.05) is 6.08 Å². The van der Waals surface area contributed by atoms with Gasteiger partial charge in [0.15, 0.2) is 0 Å². The first-order valence-electron chi connectivity index (χ1n) is 3.56. The molecule has 0 N–H and O–H groups in total. The zero-order valence-electron chi connectivity index (χ0n) is 5.60. The first-order valence-corrected chi connectivity index (χ1v) is 3.56. The topological polar surface area (TPSA) is 17.1 Å². The molecule has 1 nitrogen and oxygen atoms in total. The summed E-state index contributed by atoms with van der Waals surface area (Å²) in [7, 11) is 0. The average molecular weight is 124 g/mol. The molecule has 1 heteroatoms. The monoisotopic (exact) mass is 124 g/mol. The third kappa shape index (κ3) is 2.45. The number of Topliss-reactive ketones (excluding diaryl/α,β-unsaturated/α-hetero) is 1. The van der Waals surface area contributed by atoms with Crippen LogP contribution in [0.1, 0.15) is 32.1 Å². The largest absolute Gasteiger partial charge is 0.299 e. The Morgan fingerprint density at radius 1 is 1.22 bits per heavy atom. The summed E-state index contributed by atoms with van der Waals surface area (Å²) >= 11 is 0. The fourth-order valence-corrected chi connectivity index (χ4v) is 1.02. The van der Waals surface area contributed by atoms with Gasteiger partial charge in [0.1, 0.15) is 5.78 Å². The van der Waals surface area contributed by atoms with Crippen LogP contribution in [0.4, 0.5) is 0 Å². The fourth-order valence-electron chi connectivity index (χ4n) is 1.02. The Bertz CT molecular complexity index is 125. The highest BCUT2D eigenvalue weighted by atomic mass is 16.1. The minimum atomic E-state index is 0.394. The third-order valence-corrected chi connectivity index (χ3v) is 1.59. The van der Waals surface area contributed by atoms with E-state index in [1.54, 1.807) is 0 Å². The lowest BCUT2D eigenvalue weighted by Crippen LogP contribution is -1.96. The molecule has 0 aromatic heterocycles. The molecule has 1 aliphatic rings. The van der Waals surface area contributed by atoms with Gasteiger partial charge in [0.05, 0.1) is 0 Å². The predicted molar refractivity (Wildman–Crippen MR) is 37.2 cm³/mol. The maximum Gasteiger partial charge on any atom is 0.136 e. The molecule has 0 amide bonds. The smallest absolute Gasteiger partial charge is 0.136 e. The van der Waals surface area contributed by atoms with E-state index < -0.39 is 0 Å². The van der Waals surface area contributed by atoms with Crippen LogP contribution in [0.25, 0.3) is 0 Å². The van der Waals surface area contributed by atoms with E-state index >= 15 is 0 Å². The molecule has 0 saturated heterocycles. The Balaban J connectivity index is 2.37. The van der Waals surface area contributed by atoms with Crippen LogP contribution in [-0.4, -0.2) is 5.78 Å². The quantitative estimate of drug-likeness (QED) is 0.452. The molecule has 0 atom stereocenters. The van der Waals surface area contributed by atoms with Crippen LogP contribution in [0.2, 0.25) is 0 Å². The summed E-state index contributed by atoms with van der Waals surface area (Å²) in [5, 5.41) is 0. The van der Waals surface area contributed by atoms with Gasteiger partial charge in [-0.25, -0.2) is 0 Å². The highest BCUT2D eigenvalue weighted by Gasteiger charge is 2.00. The lowest BCUT2D eigenvalue weighted by Gasteiger charge is -1.99. The third-order valence-electron chi connectivity index (χ3n) is 1.59. The Kier molecular flexibility index (Phi) is 2.49. The van der Waals surface area contributed by atoms with E-state index in [0.717, 1.165) is 19.3 Å². The molecule has 9 heavy (non-hydrogen) atoms. The second kappa shape index (κ2) is 3.44. The summed E-state index contributed by atoms with van der Waals surface area (Å²) in [4.78, 5) is 10.8. The van der Waals surface area contributed by atoms with Crippen LogP contribution in [0.3, 0.4) is 0 Å². The van der Waals surface area contributed by atoms with E-state index in [9.17, 15) is 4.79 Å². The Labute approximate surface area is 55.8 Å². The standard InChI is InChI=1S/C8H12O/c9-8-6-4-2-1-3-5-7-8/h2,4H,1,3,5-7H2/b4-2+. The molecule has 0 aromatic carbocycles. The normalized spacial score (nSPS) is 24.7. The SMILES string of the molecule is O=C1C/C=C/CCCC1. The summed E-state index contributed by atoms with van der Waals surface area (Å²) in [6.45, 7) is 0. The zero-order chi connectivity index (χ0) is 6.53. The second-order valence-electron chi connectivity index (χ2n) is 2.46. The summed E-state index contributed by atoms with van der Waals surface area (Å²) in [5.41, 5.74) is 0. The molecule has 0 heterocycles. The summed E-state index contributed by atoms with van der Waals surface area (Å²) < 4.78 is 0. The number of allylic oxidation sites excluding steroid dienone is 2. The van der Waals surface area contributed by atoms with E-state index in [2.05, 4.69) is 6.08 Å². The Morgan fingerprint density at radius 2 is 2.11 bits per heavy atom. The molecule has 0 bridgehead atoms. The number of ketones is 1. The van der Waals surface area contributed by atoms with Crippen molar-refractivity contribution in [1.29, 1.82) is 0 Å². The number of hydrogen-bond acceptors (Lipinski definition) is 1. The first kappa shape index (κ1) is 6.53. The van der Waals surface area contributed by atoms with Crippen LogP contribution < -0.4 is 0 Å². The Morgan fingerprint density at radius 3 is 3.00 bits per heavy atom. The Hall–Kier alpha value is -0.590. The highest BCUT2D eigenvalue weighted by Crippen LogP contribution is 2.07. The van der Waals surface area contributed by atoms with Crippen LogP contribution in [0, 0.1) is 0 Å². The first-order chi connectivity index (χ1) is 4.39. The lowest BCUT2D eigenvalue weighted by atomic mass is 10.1. The van der Waals surface area contributed by atoms with Crippen LogP contribution >= 0.6 is 0 Å². The van der Waals surface area contributed by atoms with Gasteiger partial charge < -0.3 is 0 Å². The van der Waals surface area contributed by atoms with Crippen molar-refractivity contribution < 1.29 is 4.79 Å². The molecule has 0 aliphatic heterocycles. The van der Waals surface area contributed by atoms with Crippen molar-refractivity contribution in [2.75, 3.05) is 0 Å². The van der Waals surface area contributed by atoms with Gasteiger partial charge in [-0.1, -0.05) is 12.2 Å². The van der Waals surface area contributed by atoms with Crippen molar-refractivity contribution in [1.82, 2.24) is 0 Å². The van der Waals surface area contributed by atoms with E-state index in [0.29, 0.717) is 12.2 Å². The van der Waals surface area contributed by atoms with Gasteiger partial charge >= 0.3 is 0 Å². The molecular formula is C8H12O. The van der Waals surface area contributed by atoms with E-state index in [-0.39, 0.29) is 0 Å². The van der Waals surface area contributed by atoms with Crippen LogP contribution in [-0.2, 0) is 4.79 Å². The number of rotatable bonds is 0. The van der Waals surface area contributed by atoms with Gasteiger partial charge in [-0.3, -0.25) is 4.79 Å². The average Bonchev–Trinajstić information content (AvgIpc) is 1.79. The molecule has 50 valence electrons. The number of carbonyl (C=O) groups is 1. The number of hydrogen-bond donors (Lipinski definition) is 0. The molecule has 0 aromatic rings. The molecule has 0 spiro atoms. The van der Waals surface area contributed by atoms with Crippen molar-refractivity contribution in [2.45, 2.75) is 32.1 Å². The minimum Gasteiger partial charge on any atom is -0.299 e. The molecular weight excluding hydrogens is 112 g/mol. The fraction of sp³-hybridized carbons (Fsp3) is 0.625. The van der Waals surface area contributed by atoms with Gasteiger partial charge in [-0.15, -0.1) is 0 Å². The minimum absolute atomic E-state index is 0.394. The zero-order valence-corrected chi connectivity index (χ0v) is 5.60. The maximum atomic E-state index is 10.8. The van der Waals surface area contributed by atoms with Crippen molar-refractivity contribution in [3.8, 4) is 0 Å². The van der Waals surface area contributed by atoms with Crippen molar-refractivity contribution in [3.05, 3.63) is 12.2 Å². The second-order valence-corrected chi connectivity index (χ2v) is 2.46.